The second kappa shape index (κ2) is 10.1. The molecule has 2 aliphatic heterocycles. The summed E-state index contributed by atoms with van der Waals surface area (Å²) in [7, 11) is 0. The number of aliphatic carboxylic acids is 1. The van der Waals surface area contributed by atoms with Gasteiger partial charge in [0.05, 0.1) is 13.0 Å². The maximum Gasteiger partial charge on any atom is 0.304 e. The Morgan fingerprint density at radius 1 is 1.05 bits per heavy atom. The van der Waals surface area contributed by atoms with Gasteiger partial charge in [0.1, 0.15) is 23.4 Å². The normalized spacial score (nSPS) is 20.6. The molecule has 0 bridgehead atoms. The van der Waals surface area contributed by atoms with Crippen molar-refractivity contribution >= 4 is 5.97 Å². The van der Waals surface area contributed by atoms with Crippen molar-refractivity contribution in [2.45, 2.75) is 63.9 Å². The first-order valence-corrected chi connectivity index (χ1v) is 13.5. The van der Waals surface area contributed by atoms with E-state index in [4.69, 9.17) is 19.3 Å². The van der Waals surface area contributed by atoms with E-state index >= 15 is 4.39 Å². The fourth-order valence-electron chi connectivity index (χ4n) is 6.59. The van der Waals surface area contributed by atoms with Crippen LogP contribution in [0.5, 0.6) is 11.5 Å². The number of rotatable bonds is 6. The number of aryl methyl sites for hydroxylation is 2. The van der Waals surface area contributed by atoms with Crippen LogP contribution in [0.4, 0.5) is 4.39 Å². The maximum atomic E-state index is 15.3. The molecule has 0 saturated carbocycles. The van der Waals surface area contributed by atoms with Gasteiger partial charge in [0, 0.05) is 36.3 Å². The Bertz CT molecular complexity index is 1370. The summed E-state index contributed by atoms with van der Waals surface area (Å²) >= 11 is 0. The van der Waals surface area contributed by atoms with Crippen LogP contribution in [0.3, 0.4) is 0 Å². The number of ether oxygens (including phenoxy) is 3. The standard InChI is InChI=1S/C32H33FO5/c1-18-13-21(20-9-11-36-12-10-20)14-19(2)31(18)25-5-7-27(33)32-26(25)6-8-28(32)38-23-3-4-24-22(15-30(34)35)17-37-29(24)16-23/h3-5,7,13-14,16,20,22,28H,6,8-12,15,17H2,1-2H3,(H,34,35). The van der Waals surface area contributed by atoms with E-state index in [2.05, 4.69) is 26.0 Å². The van der Waals surface area contributed by atoms with Gasteiger partial charge in [0.2, 0.25) is 0 Å². The summed E-state index contributed by atoms with van der Waals surface area (Å²) in [6.07, 6.45) is 3.19. The third-order valence-electron chi connectivity index (χ3n) is 8.36. The van der Waals surface area contributed by atoms with Gasteiger partial charge in [-0.15, -0.1) is 0 Å². The molecule has 6 heteroatoms. The van der Waals surface area contributed by atoms with Gasteiger partial charge >= 0.3 is 5.97 Å². The number of carboxylic acid groups (broad SMARTS) is 1. The summed E-state index contributed by atoms with van der Waals surface area (Å²) in [6, 6.07) is 13.6. The molecule has 1 saturated heterocycles. The monoisotopic (exact) mass is 516 g/mol. The van der Waals surface area contributed by atoms with Crippen LogP contribution in [0.1, 0.15) is 77.0 Å². The molecule has 2 heterocycles. The maximum absolute atomic E-state index is 15.3. The van der Waals surface area contributed by atoms with Crippen LogP contribution in [0.2, 0.25) is 0 Å². The number of fused-ring (bicyclic) bond motifs is 2. The number of halogens is 1. The fraction of sp³-hybridized carbons (Fsp3) is 0.406. The van der Waals surface area contributed by atoms with Crippen molar-refractivity contribution in [3.05, 3.63) is 81.7 Å². The quantitative estimate of drug-likeness (QED) is 0.381. The Kier molecular flexibility index (Phi) is 6.60. The molecular weight excluding hydrogens is 483 g/mol. The summed E-state index contributed by atoms with van der Waals surface area (Å²) in [5.74, 6) is 0.548. The zero-order chi connectivity index (χ0) is 26.4. The van der Waals surface area contributed by atoms with E-state index in [1.54, 1.807) is 12.1 Å². The molecule has 5 nitrogen and oxygen atoms in total. The third-order valence-corrected chi connectivity index (χ3v) is 8.36. The summed E-state index contributed by atoms with van der Waals surface area (Å²) in [5, 5.41) is 9.15. The number of hydrogen-bond acceptors (Lipinski definition) is 4. The predicted molar refractivity (Wildman–Crippen MR) is 143 cm³/mol. The van der Waals surface area contributed by atoms with Crippen molar-refractivity contribution in [2.75, 3.05) is 19.8 Å². The number of hydrogen-bond donors (Lipinski definition) is 1. The highest BCUT2D eigenvalue weighted by Crippen LogP contribution is 2.45. The fourth-order valence-corrected chi connectivity index (χ4v) is 6.59. The van der Waals surface area contributed by atoms with E-state index in [0.717, 1.165) is 49.2 Å². The molecule has 198 valence electrons. The summed E-state index contributed by atoms with van der Waals surface area (Å²) in [5.41, 5.74) is 8.64. The molecular formula is C32H33FO5. The molecule has 2 unspecified atom stereocenters. The molecule has 38 heavy (non-hydrogen) atoms. The second-order valence-corrected chi connectivity index (χ2v) is 10.9. The zero-order valence-corrected chi connectivity index (χ0v) is 21.9. The summed E-state index contributed by atoms with van der Waals surface area (Å²) in [6.45, 7) is 6.30. The van der Waals surface area contributed by atoms with Gasteiger partial charge in [0.15, 0.2) is 0 Å². The van der Waals surface area contributed by atoms with Crippen LogP contribution >= 0.6 is 0 Å². The minimum Gasteiger partial charge on any atom is -0.492 e. The Labute approximate surface area is 222 Å². The first-order valence-electron chi connectivity index (χ1n) is 13.5. The van der Waals surface area contributed by atoms with Gasteiger partial charge in [-0.05, 0) is 91.0 Å². The summed E-state index contributed by atoms with van der Waals surface area (Å²) < 4.78 is 32.9. The highest BCUT2D eigenvalue weighted by Gasteiger charge is 2.32. The van der Waals surface area contributed by atoms with E-state index in [-0.39, 0.29) is 24.3 Å². The molecule has 3 aromatic carbocycles. The smallest absolute Gasteiger partial charge is 0.304 e. The highest BCUT2D eigenvalue weighted by atomic mass is 19.1. The van der Waals surface area contributed by atoms with Crippen LogP contribution in [0.25, 0.3) is 11.1 Å². The Hall–Kier alpha value is -3.38. The van der Waals surface area contributed by atoms with Crippen LogP contribution in [-0.4, -0.2) is 30.9 Å². The Balaban J connectivity index is 1.28. The SMILES string of the molecule is Cc1cc(C2CCOCC2)cc(C)c1-c1ccc(F)c2c1CCC2Oc1ccc2c(c1)OCC2CC(=O)O. The van der Waals surface area contributed by atoms with Gasteiger partial charge in [0.25, 0.3) is 0 Å². The molecule has 1 fully saturated rings. The lowest BCUT2D eigenvalue weighted by Crippen LogP contribution is -2.14. The van der Waals surface area contributed by atoms with E-state index in [0.29, 0.717) is 36.0 Å². The van der Waals surface area contributed by atoms with Gasteiger partial charge in [-0.2, -0.15) is 0 Å². The van der Waals surface area contributed by atoms with Gasteiger partial charge in [-0.25, -0.2) is 4.39 Å². The minimum atomic E-state index is -0.843. The van der Waals surface area contributed by atoms with Crippen molar-refractivity contribution in [3.8, 4) is 22.6 Å². The van der Waals surface area contributed by atoms with Crippen LogP contribution in [0.15, 0.2) is 42.5 Å². The lowest BCUT2D eigenvalue weighted by molar-refractivity contribution is -0.137. The van der Waals surface area contributed by atoms with Crippen molar-refractivity contribution in [1.29, 1.82) is 0 Å². The highest BCUT2D eigenvalue weighted by molar-refractivity contribution is 5.76. The molecule has 1 N–H and O–H groups in total. The number of benzene rings is 3. The molecule has 2 atom stereocenters. The van der Waals surface area contributed by atoms with Crippen LogP contribution in [-0.2, 0) is 16.0 Å². The largest absolute Gasteiger partial charge is 0.492 e. The first kappa shape index (κ1) is 24.9. The average Bonchev–Trinajstić information content (AvgIpc) is 3.50. The summed E-state index contributed by atoms with van der Waals surface area (Å²) in [4.78, 5) is 11.2. The second-order valence-electron chi connectivity index (χ2n) is 10.9. The van der Waals surface area contributed by atoms with Crippen molar-refractivity contribution in [1.82, 2.24) is 0 Å². The Morgan fingerprint density at radius 3 is 2.55 bits per heavy atom. The third kappa shape index (κ3) is 4.55. The lowest BCUT2D eigenvalue weighted by Gasteiger charge is -2.25. The Morgan fingerprint density at radius 2 is 1.82 bits per heavy atom. The number of carbonyl (C=O) groups is 1. The van der Waals surface area contributed by atoms with Crippen LogP contribution < -0.4 is 9.47 Å². The van der Waals surface area contributed by atoms with Gasteiger partial charge in [-0.1, -0.05) is 24.3 Å². The molecule has 0 radical (unpaired) electrons. The average molecular weight is 517 g/mol. The van der Waals surface area contributed by atoms with Crippen molar-refractivity contribution < 1.29 is 28.5 Å². The van der Waals surface area contributed by atoms with E-state index in [1.807, 2.05) is 18.2 Å². The van der Waals surface area contributed by atoms with E-state index < -0.39 is 5.97 Å². The molecule has 3 aliphatic rings. The van der Waals surface area contributed by atoms with E-state index in [9.17, 15) is 4.79 Å². The lowest BCUT2D eigenvalue weighted by atomic mass is 9.84. The molecule has 0 aromatic heterocycles. The predicted octanol–water partition coefficient (Wildman–Crippen LogP) is 7.02. The molecule has 6 rings (SSSR count). The van der Waals surface area contributed by atoms with E-state index in [1.165, 1.54) is 22.3 Å². The molecule has 3 aromatic rings. The molecule has 0 amide bonds. The first-order chi connectivity index (χ1) is 18.4. The van der Waals surface area contributed by atoms with Gasteiger partial charge in [-0.3, -0.25) is 4.79 Å². The zero-order valence-electron chi connectivity index (χ0n) is 21.9. The van der Waals surface area contributed by atoms with Crippen molar-refractivity contribution in [3.63, 3.8) is 0 Å². The minimum absolute atomic E-state index is 0.0338. The van der Waals surface area contributed by atoms with Crippen LogP contribution in [0, 0.1) is 19.7 Å². The molecule has 1 aliphatic carbocycles. The van der Waals surface area contributed by atoms with Crippen molar-refractivity contribution in [2.24, 2.45) is 0 Å². The number of carboxylic acids is 1. The topological polar surface area (TPSA) is 65.0 Å². The molecule has 0 spiro atoms. The van der Waals surface area contributed by atoms with Gasteiger partial charge < -0.3 is 19.3 Å².